The minimum Gasteiger partial charge on any atom is -0.421 e. The SMILES string of the molecule is C=C(F)C(=O)NCC1CCN(c2nc(Nc3cnn(C)c3)ncc2-c2ccc(Oc3nccc(C)n3)c(F)c2)C1. The topological polar surface area (TPSA) is 123 Å². The van der Waals surface area contributed by atoms with Crippen molar-refractivity contribution in [3.05, 3.63) is 73.0 Å². The predicted octanol–water partition coefficient (Wildman–Crippen LogP) is 4.08. The van der Waals surface area contributed by atoms with Crippen LogP contribution in [0.3, 0.4) is 0 Å². The maximum absolute atomic E-state index is 15.2. The van der Waals surface area contributed by atoms with Crippen molar-refractivity contribution in [3.63, 3.8) is 0 Å². The Labute approximate surface area is 229 Å². The fourth-order valence-corrected chi connectivity index (χ4v) is 4.34. The van der Waals surface area contributed by atoms with Gasteiger partial charge in [0, 0.05) is 56.5 Å². The highest BCUT2D eigenvalue weighted by molar-refractivity contribution is 5.90. The molecule has 1 unspecified atom stereocenters. The summed E-state index contributed by atoms with van der Waals surface area (Å²) in [5, 5.41) is 9.84. The number of amides is 1. The van der Waals surface area contributed by atoms with Crippen molar-refractivity contribution in [3.8, 4) is 22.9 Å². The van der Waals surface area contributed by atoms with Crippen LogP contribution in [0, 0.1) is 18.7 Å². The van der Waals surface area contributed by atoms with Gasteiger partial charge in [0.2, 0.25) is 5.95 Å². The zero-order chi connectivity index (χ0) is 28.2. The molecule has 3 aromatic heterocycles. The molecule has 5 rings (SSSR count). The van der Waals surface area contributed by atoms with E-state index in [1.54, 1.807) is 49.4 Å². The van der Waals surface area contributed by atoms with E-state index in [0.717, 1.165) is 6.42 Å². The first-order valence-corrected chi connectivity index (χ1v) is 12.5. The monoisotopic (exact) mass is 547 g/mol. The van der Waals surface area contributed by atoms with Crippen LogP contribution in [0.25, 0.3) is 11.1 Å². The van der Waals surface area contributed by atoms with Crippen molar-refractivity contribution in [2.45, 2.75) is 13.3 Å². The van der Waals surface area contributed by atoms with Crippen LogP contribution < -0.4 is 20.3 Å². The standard InChI is InChI=1S/C27H27F2N9O2/c1-16-6-8-30-27(34-16)40-23-5-4-19(10-22(23)29)21-13-32-26(35-20-12-33-37(3)15-20)36-24(21)38-9-7-18(14-38)11-31-25(39)17(2)28/h4-6,8,10,12-13,15,18H,2,7,9,11,14H2,1,3H3,(H,31,39)(H,32,35,36). The molecule has 2 N–H and O–H groups in total. The van der Waals surface area contributed by atoms with Gasteiger partial charge in [-0.1, -0.05) is 12.6 Å². The number of nitrogens with one attached hydrogen (secondary N) is 2. The van der Waals surface area contributed by atoms with Crippen LogP contribution in [0.4, 0.5) is 26.2 Å². The normalized spacial score (nSPS) is 14.7. The first-order valence-electron chi connectivity index (χ1n) is 12.5. The third-order valence-electron chi connectivity index (χ3n) is 6.33. The number of hydrogen-bond donors (Lipinski definition) is 2. The van der Waals surface area contributed by atoms with Crippen molar-refractivity contribution in [2.24, 2.45) is 13.0 Å². The Hall–Kier alpha value is -4.94. The minimum absolute atomic E-state index is 0.0156. The summed E-state index contributed by atoms with van der Waals surface area (Å²) in [6.45, 7) is 6.28. The van der Waals surface area contributed by atoms with Gasteiger partial charge in [-0.2, -0.15) is 10.1 Å². The average molecular weight is 548 g/mol. The molecule has 0 aliphatic carbocycles. The molecule has 4 heterocycles. The van der Waals surface area contributed by atoms with E-state index in [2.05, 4.69) is 37.3 Å². The van der Waals surface area contributed by atoms with Gasteiger partial charge in [-0.15, -0.1) is 0 Å². The number of benzene rings is 1. The van der Waals surface area contributed by atoms with Gasteiger partial charge in [0.25, 0.3) is 5.91 Å². The van der Waals surface area contributed by atoms with Crippen molar-refractivity contribution < 1.29 is 18.3 Å². The zero-order valence-electron chi connectivity index (χ0n) is 21.9. The Morgan fingerprint density at radius 1 is 1.23 bits per heavy atom. The Morgan fingerprint density at radius 3 is 2.80 bits per heavy atom. The number of anilines is 3. The highest BCUT2D eigenvalue weighted by Gasteiger charge is 2.27. The van der Waals surface area contributed by atoms with E-state index >= 15 is 4.39 Å². The van der Waals surface area contributed by atoms with Gasteiger partial charge in [-0.3, -0.25) is 9.48 Å². The molecule has 1 aromatic carbocycles. The van der Waals surface area contributed by atoms with Crippen molar-refractivity contribution in [2.75, 3.05) is 29.9 Å². The van der Waals surface area contributed by atoms with Gasteiger partial charge in [-0.25, -0.2) is 23.7 Å². The Kier molecular flexibility index (Phi) is 7.62. The van der Waals surface area contributed by atoms with Gasteiger partial charge >= 0.3 is 6.01 Å². The van der Waals surface area contributed by atoms with E-state index in [9.17, 15) is 9.18 Å². The van der Waals surface area contributed by atoms with Crippen LogP contribution in [-0.2, 0) is 11.8 Å². The molecule has 40 heavy (non-hydrogen) atoms. The van der Waals surface area contributed by atoms with Gasteiger partial charge in [0.05, 0.1) is 11.9 Å². The van der Waals surface area contributed by atoms with Crippen LogP contribution in [-0.4, -0.2) is 55.3 Å². The molecule has 1 amide bonds. The molecule has 1 aliphatic rings. The quantitative estimate of drug-likeness (QED) is 0.299. The van der Waals surface area contributed by atoms with E-state index in [-0.39, 0.29) is 17.7 Å². The lowest BCUT2D eigenvalue weighted by molar-refractivity contribution is -0.119. The predicted molar refractivity (Wildman–Crippen MR) is 144 cm³/mol. The van der Waals surface area contributed by atoms with Crippen LogP contribution in [0.5, 0.6) is 11.8 Å². The highest BCUT2D eigenvalue weighted by atomic mass is 19.1. The molecule has 0 radical (unpaired) electrons. The summed E-state index contributed by atoms with van der Waals surface area (Å²) in [5.41, 5.74) is 2.56. The number of ether oxygens (including phenoxy) is 1. The summed E-state index contributed by atoms with van der Waals surface area (Å²) in [6.07, 6.45) is 7.34. The van der Waals surface area contributed by atoms with Crippen LogP contribution in [0.2, 0.25) is 0 Å². The number of aromatic nitrogens is 6. The largest absolute Gasteiger partial charge is 0.421 e. The summed E-state index contributed by atoms with van der Waals surface area (Å²) in [6, 6.07) is 6.34. The van der Waals surface area contributed by atoms with Gasteiger partial charge in [0.15, 0.2) is 17.4 Å². The molecule has 1 saturated heterocycles. The van der Waals surface area contributed by atoms with Crippen molar-refractivity contribution in [1.29, 1.82) is 0 Å². The maximum Gasteiger partial charge on any atom is 0.322 e. The second-order valence-corrected chi connectivity index (χ2v) is 9.40. The average Bonchev–Trinajstić information content (AvgIpc) is 3.57. The molecule has 13 heteroatoms. The molecule has 0 spiro atoms. The number of carbonyl (C=O) groups is 1. The number of nitrogens with zero attached hydrogens (tertiary/aromatic N) is 7. The van der Waals surface area contributed by atoms with Gasteiger partial charge in [-0.05, 0) is 43.0 Å². The van der Waals surface area contributed by atoms with E-state index in [4.69, 9.17) is 9.72 Å². The molecule has 0 saturated carbocycles. The third-order valence-corrected chi connectivity index (χ3v) is 6.33. The Morgan fingerprint density at radius 2 is 2.08 bits per heavy atom. The highest BCUT2D eigenvalue weighted by Crippen LogP contribution is 2.35. The molecule has 4 aromatic rings. The molecule has 1 fully saturated rings. The van der Waals surface area contributed by atoms with E-state index in [1.807, 2.05) is 4.90 Å². The summed E-state index contributed by atoms with van der Waals surface area (Å²) < 4.78 is 35.5. The smallest absolute Gasteiger partial charge is 0.322 e. The summed E-state index contributed by atoms with van der Waals surface area (Å²) in [4.78, 5) is 31.0. The van der Waals surface area contributed by atoms with E-state index < -0.39 is 17.6 Å². The lowest BCUT2D eigenvalue weighted by atomic mass is 10.1. The number of halogens is 2. The minimum atomic E-state index is -1.03. The summed E-state index contributed by atoms with van der Waals surface area (Å²) >= 11 is 0. The Balaban J connectivity index is 1.42. The number of carbonyl (C=O) groups excluding carboxylic acids is 1. The molecule has 1 atom stereocenters. The molecular weight excluding hydrogens is 520 g/mol. The maximum atomic E-state index is 15.2. The third kappa shape index (κ3) is 6.20. The van der Waals surface area contributed by atoms with E-state index in [0.29, 0.717) is 53.9 Å². The van der Waals surface area contributed by atoms with E-state index in [1.165, 1.54) is 18.3 Å². The first-order chi connectivity index (χ1) is 19.2. The molecular formula is C27H27F2N9O2. The number of hydrogen-bond acceptors (Lipinski definition) is 9. The van der Waals surface area contributed by atoms with Crippen LogP contribution in [0.15, 0.2) is 61.5 Å². The zero-order valence-corrected chi connectivity index (χ0v) is 21.9. The summed E-state index contributed by atoms with van der Waals surface area (Å²) in [7, 11) is 1.80. The van der Waals surface area contributed by atoms with Crippen LogP contribution in [0.1, 0.15) is 12.1 Å². The van der Waals surface area contributed by atoms with Crippen molar-refractivity contribution >= 4 is 23.4 Å². The first kappa shape index (κ1) is 26.7. The van der Waals surface area contributed by atoms with Gasteiger partial charge in [0.1, 0.15) is 5.82 Å². The van der Waals surface area contributed by atoms with Gasteiger partial charge < -0.3 is 20.3 Å². The fraction of sp³-hybridized carbons (Fsp3) is 0.259. The van der Waals surface area contributed by atoms with Crippen LogP contribution >= 0.6 is 0 Å². The fourth-order valence-electron chi connectivity index (χ4n) is 4.34. The molecule has 0 bridgehead atoms. The molecule has 11 nitrogen and oxygen atoms in total. The summed E-state index contributed by atoms with van der Waals surface area (Å²) in [5.74, 6) is -1.48. The number of aryl methyl sites for hydroxylation is 2. The number of rotatable bonds is 9. The van der Waals surface area contributed by atoms with Crippen molar-refractivity contribution in [1.82, 2.24) is 35.0 Å². The molecule has 1 aliphatic heterocycles. The second kappa shape index (κ2) is 11.4. The molecule has 206 valence electrons. The lowest BCUT2D eigenvalue weighted by Crippen LogP contribution is -2.31. The lowest BCUT2D eigenvalue weighted by Gasteiger charge is -2.22. The second-order valence-electron chi connectivity index (χ2n) is 9.40. The Bertz CT molecular complexity index is 1560.